The van der Waals surface area contributed by atoms with E-state index < -0.39 is 5.82 Å². The van der Waals surface area contributed by atoms with E-state index in [9.17, 15) is 9.18 Å². The highest BCUT2D eigenvalue weighted by molar-refractivity contribution is 5.93. The Bertz CT molecular complexity index is 1600. The summed E-state index contributed by atoms with van der Waals surface area (Å²) in [5, 5.41) is 13.5. The number of nitriles is 1. The van der Waals surface area contributed by atoms with Gasteiger partial charge in [-0.15, -0.1) is 9.94 Å². The number of ether oxygens (including phenoxy) is 2. The molecule has 2 aromatic heterocycles. The Balaban J connectivity index is 1.09. The second-order valence-corrected chi connectivity index (χ2v) is 10.5. The number of fused-ring (bicyclic) bond motifs is 1. The molecule has 1 atom stereocenters. The van der Waals surface area contributed by atoms with Crippen molar-refractivity contribution < 1.29 is 23.5 Å². The summed E-state index contributed by atoms with van der Waals surface area (Å²) in [7, 11) is 1.39. The summed E-state index contributed by atoms with van der Waals surface area (Å²) in [5.41, 5.74) is 3.87. The minimum atomic E-state index is -0.471. The lowest BCUT2D eigenvalue weighted by molar-refractivity contribution is -0.0592. The number of imidazole rings is 1. The summed E-state index contributed by atoms with van der Waals surface area (Å²) in [6, 6.07) is 13.7. The van der Waals surface area contributed by atoms with Crippen LogP contribution in [0.2, 0.25) is 0 Å². The second kappa shape index (κ2) is 11.7. The molecular weight excluding hydrogens is 527 g/mol. The van der Waals surface area contributed by atoms with Gasteiger partial charge < -0.3 is 18.9 Å². The van der Waals surface area contributed by atoms with E-state index in [-0.39, 0.29) is 24.2 Å². The van der Waals surface area contributed by atoms with Crippen LogP contribution in [0.5, 0.6) is 0 Å². The van der Waals surface area contributed by atoms with Crippen LogP contribution in [0.15, 0.2) is 48.7 Å². The Kier molecular flexibility index (Phi) is 7.67. The summed E-state index contributed by atoms with van der Waals surface area (Å²) >= 11 is 0. The summed E-state index contributed by atoms with van der Waals surface area (Å²) in [4.78, 5) is 26.5. The lowest BCUT2D eigenvalue weighted by atomic mass is 9.94. The van der Waals surface area contributed by atoms with E-state index in [0.29, 0.717) is 30.1 Å². The lowest BCUT2D eigenvalue weighted by Gasteiger charge is -2.32. The number of carbonyl (C=O) groups excluding carboxylic acids is 1. The summed E-state index contributed by atoms with van der Waals surface area (Å²) < 4.78 is 27.0. The minimum absolute atomic E-state index is 0.0190. The fourth-order valence-electron chi connectivity index (χ4n) is 5.44. The molecule has 0 spiro atoms. The van der Waals surface area contributed by atoms with Gasteiger partial charge >= 0.3 is 5.97 Å². The zero-order valence-corrected chi connectivity index (χ0v) is 22.8. The average Bonchev–Trinajstić information content (AvgIpc) is 3.58. The molecule has 0 radical (unpaired) electrons. The minimum Gasteiger partial charge on any atom is -0.465 e. The third kappa shape index (κ3) is 5.80. The Hall–Kier alpha value is -4.27. The molecule has 0 aliphatic carbocycles. The molecule has 4 aromatic rings. The van der Waals surface area contributed by atoms with E-state index in [1.165, 1.54) is 18.0 Å². The van der Waals surface area contributed by atoms with Gasteiger partial charge in [0.25, 0.3) is 0 Å². The topological polar surface area (TPSA) is 107 Å². The smallest absolute Gasteiger partial charge is 0.337 e. The van der Waals surface area contributed by atoms with Gasteiger partial charge in [-0.05, 0) is 68.8 Å². The standard InChI is InChI=1S/C30H31FN6O4/c1-39-30(38)22-4-5-27-28(15-22)36(17-24-9-13-40-24)29(33-27)18-35-10-6-21(7-11-35)26-8-12-37(34-26)41-19-23-3-2-20(16-32)14-25(23)31/h2-5,8,12,14-15,21,24H,6-7,9-11,13,17-19H2,1H3/t24-/m0/s1. The number of rotatable bonds is 9. The van der Waals surface area contributed by atoms with Crippen LogP contribution in [0, 0.1) is 17.1 Å². The van der Waals surface area contributed by atoms with Gasteiger partial charge in [-0.3, -0.25) is 4.90 Å². The summed E-state index contributed by atoms with van der Waals surface area (Å²) in [6.07, 6.45) is 4.81. The Morgan fingerprint density at radius 2 is 2.00 bits per heavy atom. The SMILES string of the molecule is COC(=O)c1ccc2nc(CN3CCC(c4ccn(OCc5ccc(C#N)cc5F)n4)CC3)n(C[C@@H]3CCO3)c2c1. The number of methoxy groups -OCH3 is 1. The van der Waals surface area contributed by atoms with Crippen molar-refractivity contribution in [2.75, 3.05) is 26.8 Å². The van der Waals surface area contributed by atoms with Gasteiger partial charge in [-0.2, -0.15) is 5.26 Å². The van der Waals surface area contributed by atoms with Gasteiger partial charge in [0.05, 0.1) is 66.4 Å². The van der Waals surface area contributed by atoms with Crippen molar-refractivity contribution in [1.29, 1.82) is 5.26 Å². The van der Waals surface area contributed by atoms with Gasteiger partial charge in [0.2, 0.25) is 0 Å². The molecule has 2 aliphatic heterocycles. The zero-order chi connectivity index (χ0) is 28.3. The number of esters is 1. The highest BCUT2D eigenvalue weighted by atomic mass is 19.1. The van der Waals surface area contributed by atoms with E-state index in [1.54, 1.807) is 24.4 Å². The first kappa shape index (κ1) is 26.9. The number of nitrogens with zero attached hydrogens (tertiary/aromatic N) is 6. The molecule has 4 heterocycles. The number of likely N-dealkylation sites (tertiary alicyclic amines) is 1. The largest absolute Gasteiger partial charge is 0.465 e. The van der Waals surface area contributed by atoms with Gasteiger partial charge in [-0.1, -0.05) is 6.07 Å². The number of hydrogen-bond donors (Lipinski definition) is 0. The molecule has 10 nitrogen and oxygen atoms in total. The van der Waals surface area contributed by atoms with Crippen molar-refractivity contribution in [3.05, 3.63) is 82.7 Å². The summed E-state index contributed by atoms with van der Waals surface area (Å²) in [5.74, 6) is 0.426. The molecule has 6 rings (SSSR count). The van der Waals surface area contributed by atoms with E-state index in [0.717, 1.165) is 61.5 Å². The van der Waals surface area contributed by atoms with Crippen molar-refractivity contribution in [2.24, 2.45) is 0 Å². The number of aromatic nitrogens is 4. The van der Waals surface area contributed by atoms with Crippen LogP contribution in [0.4, 0.5) is 4.39 Å². The van der Waals surface area contributed by atoms with Gasteiger partial charge in [0.1, 0.15) is 18.2 Å². The van der Waals surface area contributed by atoms with Crippen LogP contribution in [0.1, 0.15) is 58.2 Å². The van der Waals surface area contributed by atoms with Gasteiger partial charge in [0, 0.05) is 18.1 Å². The molecule has 2 aromatic carbocycles. The molecule has 2 aliphatic rings. The van der Waals surface area contributed by atoms with Crippen LogP contribution in [0.3, 0.4) is 0 Å². The Labute approximate surface area is 236 Å². The molecule has 212 valence electrons. The normalized spacial score (nSPS) is 17.7. The number of carbonyl (C=O) groups is 1. The highest BCUT2D eigenvalue weighted by Crippen LogP contribution is 2.29. The van der Waals surface area contributed by atoms with Gasteiger partial charge in [0.15, 0.2) is 0 Å². The maximum atomic E-state index is 14.2. The second-order valence-electron chi connectivity index (χ2n) is 10.5. The molecule has 0 amide bonds. The predicted octanol–water partition coefficient (Wildman–Crippen LogP) is 3.83. The molecule has 0 unspecified atom stereocenters. The first-order chi connectivity index (χ1) is 20.0. The molecular formula is C30H31FN6O4. The van der Waals surface area contributed by atoms with E-state index in [2.05, 4.69) is 14.6 Å². The van der Waals surface area contributed by atoms with Crippen LogP contribution in [-0.4, -0.2) is 63.3 Å². The molecule has 0 saturated carbocycles. The van der Waals surface area contributed by atoms with Crippen LogP contribution in [-0.2, 0) is 29.2 Å². The van der Waals surface area contributed by atoms with Crippen molar-refractivity contribution in [2.45, 2.75) is 51.0 Å². The molecule has 0 N–H and O–H groups in total. The first-order valence-corrected chi connectivity index (χ1v) is 13.8. The molecule has 0 bridgehead atoms. The zero-order valence-electron chi connectivity index (χ0n) is 22.8. The van der Waals surface area contributed by atoms with E-state index in [1.807, 2.05) is 24.3 Å². The number of halogens is 1. The van der Waals surface area contributed by atoms with Gasteiger partial charge in [-0.25, -0.2) is 14.2 Å². The highest BCUT2D eigenvalue weighted by Gasteiger charge is 2.26. The average molecular weight is 559 g/mol. The predicted molar refractivity (Wildman–Crippen MR) is 146 cm³/mol. The third-order valence-corrected chi connectivity index (χ3v) is 7.92. The number of hydrogen-bond acceptors (Lipinski definition) is 8. The fourth-order valence-corrected chi connectivity index (χ4v) is 5.44. The lowest BCUT2D eigenvalue weighted by Crippen LogP contribution is -2.35. The Morgan fingerprint density at radius 3 is 2.71 bits per heavy atom. The van der Waals surface area contributed by atoms with Crippen molar-refractivity contribution >= 4 is 17.0 Å². The molecule has 41 heavy (non-hydrogen) atoms. The maximum absolute atomic E-state index is 14.2. The van der Waals surface area contributed by atoms with Crippen molar-refractivity contribution in [1.82, 2.24) is 24.4 Å². The molecule has 11 heteroatoms. The Morgan fingerprint density at radius 1 is 1.17 bits per heavy atom. The van der Waals surface area contributed by atoms with Crippen LogP contribution >= 0.6 is 0 Å². The number of piperidine rings is 1. The fraction of sp³-hybridized carbons (Fsp3) is 0.400. The monoisotopic (exact) mass is 558 g/mol. The van der Waals surface area contributed by atoms with Crippen molar-refractivity contribution in [3.63, 3.8) is 0 Å². The maximum Gasteiger partial charge on any atom is 0.337 e. The van der Waals surface area contributed by atoms with E-state index in [4.69, 9.17) is 24.6 Å². The first-order valence-electron chi connectivity index (χ1n) is 13.8. The third-order valence-electron chi connectivity index (χ3n) is 7.92. The summed E-state index contributed by atoms with van der Waals surface area (Å²) in [6.45, 7) is 3.99. The quantitative estimate of drug-likeness (QED) is 0.286. The molecule has 2 saturated heterocycles. The van der Waals surface area contributed by atoms with E-state index >= 15 is 0 Å². The molecule has 2 fully saturated rings. The number of benzene rings is 2. The van der Waals surface area contributed by atoms with Crippen LogP contribution < -0.4 is 4.84 Å². The van der Waals surface area contributed by atoms with Crippen LogP contribution in [0.25, 0.3) is 11.0 Å². The van der Waals surface area contributed by atoms with Crippen molar-refractivity contribution in [3.8, 4) is 6.07 Å².